The van der Waals surface area contributed by atoms with Crippen LogP contribution in [0.25, 0.3) is 0 Å². The topological polar surface area (TPSA) is 26.3 Å². The molecule has 2 nitrogen and oxygen atoms in total. The molecule has 2 aromatic carbocycles. The fourth-order valence-electron chi connectivity index (χ4n) is 3.55. The first-order valence-corrected chi connectivity index (χ1v) is 10.2. The van der Waals surface area contributed by atoms with Crippen molar-refractivity contribution in [3.8, 4) is 5.75 Å². The normalized spacial score (nSPS) is 17.4. The van der Waals surface area contributed by atoms with E-state index in [0.29, 0.717) is 5.92 Å². The number of rotatable bonds is 5. The third-order valence-corrected chi connectivity index (χ3v) is 4.93. The quantitative estimate of drug-likeness (QED) is 0.250. The molecular weight excluding hydrogens is 462 g/mol. The predicted molar refractivity (Wildman–Crippen MR) is 102 cm³/mol. The Morgan fingerprint density at radius 3 is 2.26 bits per heavy atom. The predicted octanol–water partition coefficient (Wildman–Crippen LogP) is 7.46. The Balaban J connectivity index is 0.000000293. The average molecular weight is 485 g/mol. The van der Waals surface area contributed by atoms with E-state index in [1.165, 1.54) is 44.1 Å². The van der Waals surface area contributed by atoms with Gasteiger partial charge in [0.25, 0.3) is 0 Å². The minimum atomic E-state index is -2.17. The van der Waals surface area contributed by atoms with Crippen LogP contribution in [-0.2, 0) is 19.5 Å². The summed E-state index contributed by atoms with van der Waals surface area (Å²) in [5, 5.41) is 0. The van der Waals surface area contributed by atoms with Crippen molar-refractivity contribution in [1.82, 2.24) is 0 Å². The molecule has 1 fully saturated rings. The number of hydrogen-bond acceptors (Lipinski definition) is 2. The van der Waals surface area contributed by atoms with Crippen molar-refractivity contribution >= 4 is 0 Å². The monoisotopic (exact) mass is 485 g/mol. The van der Waals surface area contributed by atoms with Gasteiger partial charge in [-0.1, -0.05) is 19.8 Å². The van der Waals surface area contributed by atoms with E-state index in [2.05, 4.69) is 39.5 Å². The van der Waals surface area contributed by atoms with Crippen LogP contribution in [-0.4, -0.2) is 0 Å². The van der Waals surface area contributed by atoms with E-state index in [1.807, 2.05) is 6.07 Å². The van der Waals surface area contributed by atoms with Crippen molar-refractivity contribution in [2.24, 2.45) is 5.92 Å². The van der Waals surface area contributed by atoms with Gasteiger partial charge in [0.2, 0.25) is 0 Å². The molecule has 1 saturated carbocycles. The minimum absolute atomic E-state index is 0.0402. The van der Waals surface area contributed by atoms with E-state index >= 15 is 0 Å². The first-order chi connectivity index (χ1) is 14.9. The van der Waals surface area contributed by atoms with E-state index in [9.17, 15) is 22.0 Å². The van der Waals surface area contributed by atoms with Gasteiger partial charge in [0.15, 0.2) is 6.26 Å². The molecule has 1 aliphatic carbocycles. The average Bonchev–Trinajstić information content (AvgIpc) is 2.76. The molecule has 3 rings (SSSR count). The van der Waals surface area contributed by atoms with Gasteiger partial charge in [-0.05, 0) is 37.5 Å². The van der Waals surface area contributed by atoms with Crippen molar-refractivity contribution in [3.63, 3.8) is 0 Å². The van der Waals surface area contributed by atoms with Gasteiger partial charge in [-0.15, -0.1) is 24.3 Å². The Morgan fingerprint density at radius 2 is 1.74 bits per heavy atom. The molecule has 0 radical (unpaired) electrons. The van der Waals surface area contributed by atoms with Crippen molar-refractivity contribution in [3.05, 3.63) is 77.8 Å². The summed E-state index contributed by atoms with van der Waals surface area (Å²) in [6, 6.07) is 11.6. The molecule has 0 spiro atoms. The molecule has 31 heavy (non-hydrogen) atoms. The van der Waals surface area contributed by atoms with Crippen molar-refractivity contribution in [2.45, 2.75) is 51.4 Å². The molecule has 0 heterocycles. The molecule has 0 N–H and O–H groups in total. The summed E-state index contributed by atoms with van der Waals surface area (Å²) in [5.74, 6) is -1.76. The first-order valence-electron chi connectivity index (χ1n) is 9.74. The van der Waals surface area contributed by atoms with Gasteiger partial charge in [-0.25, -0.2) is 4.39 Å². The molecule has 2 aromatic rings. The summed E-state index contributed by atoms with van der Waals surface area (Å²) < 4.78 is 73.2. The second kappa shape index (κ2) is 14.9. The molecule has 8 heteroatoms. The zero-order valence-electron chi connectivity index (χ0n) is 16.9. The summed E-state index contributed by atoms with van der Waals surface area (Å²) in [4.78, 5) is 0. The molecule has 0 unspecified atom stereocenters. The van der Waals surface area contributed by atoms with Crippen molar-refractivity contribution in [2.75, 3.05) is 0 Å². The van der Waals surface area contributed by atoms with Gasteiger partial charge >= 0.3 is 25.6 Å². The summed E-state index contributed by atoms with van der Waals surface area (Å²) in [5.41, 5.74) is 1.17. The van der Waals surface area contributed by atoms with Crippen molar-refractivity contribution in [1.29, 1.82) is 0 Å². The Morgan fingerprint density at radius 1 is 1.13 bits per heavy atom. The van der Waals surface area contributed by atoms with Crippen molar-refractivity contribution < 1.29 is 46.2 Å². The fourth-order valence-corrected chi connectivity index (χ4v) is 3.55. The molecule has 0 amide bonds. The Kier molecular flexibility index (Phi) is 12.9. The number of hydrogen-bond donors (Lipinski definition) is 0. The number of ether oxygens (including phenoxy) is 1. The number of halogens is 5. The van der Waals surface area contributed by atoms with Crippen LogP contribution in [0.2, 0.25) is 0 Å². The van der Waals surface area contributed by atoms with Gasteiger partial charge in [0, 0.05) is 5.82 Å². The summed E-state index contributed by atoms with van der Waals surface area (Å²) >= 11 is 2.31. The van der Waals surface area contributed by atoms with E-state index in [1.54, 1.807) is 12.1 Å². The van der Waals surface area contributed by atoms with Gasteiger partial charge in [0.05, 0.1) is 17.4 Å². The van der Waals surface area contributed by atoms with Crippen LogP contribution >= 0.6 is 0 Å². The molecule has 0 aliphatic heterocycles. The van der Waals surface area contributed by atoms with Crippen LogP contribution in [0.1, 0.15) is 56.9 Å². The summed E-state index contributed by atoms with van der Waals surface area (Å²) in [6.07, 6.45) is 5.54. The van der Waals surface area contributed by atoms with Crippen LogP contribution in [0.5, 0.6) is 5.75 Å². The van der Waals surface area contributed by atoms with Gasteiger partial charge < -0.3 is 4.74 Å². The zero-order chi connectivity index (χ0) is 23.2. The molecule has 173 valence electrons. The van der Waals surface area contributed by atoms with Gasteiger partial charge in [0.1, 0.15) is 0 Å². The maximum absolute atomic E-state index is 13.1. The van der Waals surface area contributed by atoms with Crippen LogP contribution < -0.4 is 4.74 Å². The summed E-state index contributed by atoms with van der Waals surface area (Å²) in [7, 11) is 0. The van der Waals surface area contributed by atoms with Crippen LogP contribution in [0.15, 0.2) is 42.7 Å². The molecule has 0 aromatic heterocycles. The Hall–Kier alpha value is -2.06. The second-order valence-electron chi connectivity index (χ2n) is 6.98. The summed E-state index contributed by atoms with van der Waals surface area (Å²) in [6.45, 7) is 2.26. The van der Waals surface area contributed by atoms with Gasteiger partial charge in [-0.3, -0.25) is 8.78 Å². The SMILES string of the molecule is CCCC1CCC(c2cc[c-]c(F)c2)CC1.FC(F)=COc1c(F)c[c-]cc1F.[O]=[Co]. The third-order valence-electron chi connectivity index (χ3n) is 4.93. The van der Waals surface area contributed by atoms with Crippen LogP contribution in [0.4, 0.5) is 22.0 Å². The standard InChI is InChI=1S/C15H20F.C8H3F4O.Co.O/c1-2-4-12-7-9-13(10-8-12)14-5-3-6-15(16)11-14;9-5-2-1-3-6(10)8(5)13-4-7(11)12;;/h3,5,11-13H,2,4,7-10H2,1H3;2-4H;;/q2*-1;;. The molecule has 0 saturated heterocycles. The van der Waals surface area contributed by atoms with E-state index < -0.39 is 23.5 Å². The first kappa shape index (κ1) is 27.0. The van der Waals surface area contributed by atoms with E-state index in [0.717, 1.165) is 18.1 Å². The molecular formula is C23H23CoF5O2-2. The van der Waals surface area contributed by atoms with E-state index in [-0.39, 0.29) is 12.1 Å². The van der Waals surface area contributed by atoms with Gasteiger partial charge in [-0.2, -0.15) is 32.5 Å². The molecule has 1 aliphatic rings. The fraction of sp³-hybridized carbons (Fsp3) is 0.391. The van der Waals surface area contributed by atoms with Crippen LogP contribution in [0.3, 0.4) is 0 Å². The number of benzene rings is 2. The molecule has 0 atom stereocenters. The third kappa shape index (κ3) is 9.74. The second-order valence-corrected chi connectivity index (χ2v) is 6.98. The molecule has 0 bridgehead atoms. The maximum atomic E-state index is 13.1. The zero-order valence-corrected chi connectivity index (χ0v) is 17.9. The Bertz CT molecular complexity index is 799. The van der Waals surface area contributed by atoms with Crippen LogP contribution in [0, 0.1) is 35.5 Å². The Labute approximate surface area is 187 Å². The van der Waals surface area contributed by atoms with E-state index in [4.69, 9.17) is 3.87 Å².